The third-order valence-corrected chi connectivity index (χ3v) is 2.84. The lowest BCUT2D eigenvalue weighted by atomic mass is 10.2. The van der Waals surface area contributed by atoms with Crippen molar-refractivity contribution in [2.24, 2.45) is 10.9 Å². The Morgan fingerprint density at radius 2 is 2.06 bits per heavy atom. The summed E-state index contributed by atoms with van der Waals surface area (Å²) in [5, 5.41) is 17.7. The van der Waals surface area contributed by atoms with Crippen molar-refractivity contribution in [3.05, 3.63) is 24.3 Å². The summed E-state index contributed by atoms with van der Waals surface area (Å²) in [5.74, 6) is -0.813. The molecule has 0 aliphatic rings. The molecule has 0 fully saturated rings. The number of rotatable bonds is 2. The second-order valence-electron chi connectivity index (χ2n) is 2.98. The Labute approximate surface area is 96.1 Å². The summed E-state index contributed by atoms with van der Waals surface area (Å²) in [5.41, 5.74) is 0.880. The summed E-state index contributed by atoms with van der Waals surface area (Å²) < 4.78 is 1.04. The van der Waals surface area contributed by atoms with Crippen molar-refractivity contribution >= 4 is 32.9 Å². The third kappa shape index (κ3) is 2.05. The SMILES string of the molecule is N#CC(C#N)C=Nc1nc2ccccc2s1. The van der Waals surface area contributed by atoms with Crippen LogP contribution in [0.15, 0.2) is 29.3 Å². The van der Waals surface area contributed by atoms with Gasteiger partial charge in [-0.3, -0.25) is 0 Å². The van der Waals surface area contributed by atoms with E-state index in [2.05, 4.69) is 9.98 Å². The molecular weight excluding hydrogens is 220 g/mol. The number of benzene rings is 1. The van der Waals surface area contributed by atoms with Crippen LogP contribution in [0.2, 0.25) is 0 Å². The topological polar surface area (TPSA) is 72.8 Å². The Morgan fingerprint density at radius 3 is 2.75 bits per heavy atom. The van der Waals surface area contributed by atoms with E-state index in [0.717, 1.165) is 10.2 Å². The smallest absolute Gasteiger partial charge is 0.209 e. The maximum Gasteiger partial charge on any atom is 0.209 e. The molecule has 2 rings (SSSR count). The van der Waals surface area contributed by atoms with Gasteiger partial charge in [-0.15, -0.1) is 0 Å². The molecule has 1 aromatic carbocycles. The molecule has 2 aromatic rings. The highest BCUT2D eigenvalue weighted by Gasteiger charge is 2.03. The Kier molecular flexibility index (Phi) is 2.90. The van der Waals surface area contributed by atoms with Crippen molar-refractivity contribution in [1.82, 2.24) is 4.98 Å². The molecule has 0 saturated heterocycles. The van der Waals surface area contributed by atoms with Crippen molar-refractivity contribution in [1.29, 1.82) is 10.5 Å². The van der Waals surface area contributed by atoms with Gasteiger partial charge in [0.25, 0.3) is 0 Å². The molecule has 0 atom stereocenters. The second kappa shape index (κ2) is 4.52. The Morgan fingerprint density at radius 1 is 1.31 bits per heavy atom. The van der Waals surface area contributed by atoms with Crippen LogP contribution in [0.25, 0.3) is 10.2 Å². The summed E-state index contributed by atoms with van der Waals surface area (Å²) in [6.07, 6.45) is 1.32. The molecule has 0 N–H and O–H groups in total. The highest BCUT2D eigenvalue weighted by molar-refractivity contribution is 7.22. The molecule has 0 radical (unpaired) electrons. The first-order valence-electron chi connectivity index (χ1n) is 4.52. The van der Waals surface area contributed by atoms with E-state index >= 15 is 0 Å². The monoisotopic (exact) mass is 226 g/mol. The quantitative estimate of drug-likeness (QED) is 0.739. The number of fused-ring (bicyclic) bond motifs is 1. The van der Waals surface area contributed by atoms with Crippen LogP contribution in [0, 0.1) is 28.6 Å². The van der Waals surface area contributed by atoms with E-state index in [-0.39, 0.29) is 0 Å². The van der Waals surface area contributed by atoms with Crippen LogP contribution < -0.4 is 0 Å². The number of para-hydroxylation sites is 1. The average molecular weight is 226 g/mol. The molecule has 16 heavy (non-hydrogen) atoms. The molecule has 5 heteroatoms. The van der Waals surface area contributed by atoms with E-state index in [9.17, 15) is 0 Å². The standard InChI is InChI=1S/C11H6N4S/c12-5-8(6-13)7-14-11-15-9-3-1-2-4-10(9)16-11/h1-4,7-8H. The molecule has 0 bridgehead atoms. The molecule has 1 aromatic heterocycles. The zero-order valence-electron chi connectivity index (χ0n) is 8.16. The number of aromatic nitrogens is 1. The van der Waals surface area contributed by atoms with Crippen LogP contribution >= 0.6 is 11.3 Å². The van der Waals surface area contributed by atoms with Gasteiger partial charge < -0.3 is 0 Å². The van der Waals surface area contributed by atoms with E-state index in [4.69, 9.17) is 10.5 Å². The predicted molar refractivity (Wildman–Crippen MR) is 62.5 cm³/mol. The molecule has 0 aliphatic carbocycles. The van der Waals surface area contributed by atoms with Crippen LogP contribution in [0.3, 0.4) is 0 Å². The first-order valence-corrected chi connectivity index (χ1v) is 5.34. The van der Waals surface area contributed by atoms with Gasteiger partial charge in [-0.05, 0) is 12.1 Å². The van der Waals surface area contributed by atoms with E-state index in [0.29, 0.717) is 5.13 Å². The Hall–Kier alpha value is -2.24. The van der Waals surface area contributed by atoms with Crippen molar-refractivity contribution in [2.45, 2.75) is 0 Å². The summed E-state index contributed by atoms with van der Waals surface area (Å²) in [6.45, 7) is 0. The lowest BCUT2D eigenvalue weighted by Gasteiger charge is -1.84. The van der Waals surface area contributed by atoms with E-state index in [1.165, 1.54) is 17.6 Å². The first kappa shape index (κ1) is 10.3. The zero-order chi connectivity index (χ0) is 11.4. The van der Waals surface area contributed by atoms with Gasteiger partial charge in [0.05, 0.1) is 22.4 Å². The van der Waals surface area contributed by atoms with Gasteiger partial charge in [0.1, 0.15) is 0 Å². The van der Waals surface area contributed by atoms with Gasteiger partial charge in [0.2, 0.25) is 5.13 Å². The molecule has 1 heterocycles. The molecule has 0 unspecified atom stereocenters. The summed E-state index contributed by atoms with van der Waals surface area (Å²) in [6, 6.07) is 11.3. The Balaban J connectivity index is 2.29. The maximum absolute atomic E-state index is 8.56. The summed E-state index contributed by atoms with van der Waals surface area (Å²) in [7, 11) is 0. The molecule has 0 spiro atoms. The minimum Gasteiger partial charge on any atom is -0.230 e. The van der Waals surface area contributed by atoms with Gasteiger partial charge in [0.15, 0.2) is 5.92 Å². The number of aliphatic imine (C=N–C) groups is 1. The summed E-state index contributed by atoms with van der Waals surface area (Å²) in [4.78, 5) is 8.28. The van der Waals surface area contributed by atoms with Crippen molar-refractivity contribution in [3.8, 4) is 12.1 Å². The van der Waals surface area contributed by atoms with Crippen molar-refractivity contribution < 1.29 is 0 Å². The maximum atomic E-state index is 8.56. The zero-order valence-corrected chi connectivity index (χ0v) is 8.98. The highest BCUT2D eigenvalue weighted by Crippen LogP contribution is 2.27. The molecular formula is C11H6N4S. The third-order valence-electron chi connectivity index (χ3n) is 1.89. The number of nitriles is 2. The molecule has 0 saturated carbocycles. The second-order valence-corrected chi connectivity index (χ2v) is 3.99. The first-order chi connectivity index (χ1) is 7.83. The molecule has 4 nitrogen and oxygen atoms in total. The van der Waals surface area contributed by atoms with Crippen LogP contribution in [0.1, 0.15) is 0 Å². The lowest BCUT2D eigenvalue weighted by Crippen LogP contribution is -1.92. The largest absolute Gasteiger partial charge is 0.230 e. The van der Waals surface area contributed by atoms with Gasteiger partial charge in [-0.1, -0.05) is 23.5 Å². The van der Waals surface area contributed by atoms with Gasteiger partial charge >= 0.3 is 0 Å². The van der Waals surface area contributed by atoms with Crippen LogP contribution in [-0.2, 0) is 0 Å². The lowest BCUT2D eigenvalue weighted by molar-refractivity contribution is 1.17. The fourth-order valence-electron chi connectivity index (χ4n) is 1.15. The van der Waals surface area contributed by atoms with Crippen molar-refractivity contribution in [3.63, 3.8) is 0 Å². The van der Waals surface area contributed by atoms with Crippen LogP contribution in [0.5, 0.6) is 0 Å². The normalized spacial score (nSPS) is 10.7. The fourth-order valence-corrected chi connectivity index (χ4v) is 1.97. The minimum atomic E-state index is -0.813. The average Bonchev–Trinajstić information content (AvgIpc) is 2.73. The highest BCUT2D eigenvalue weighted by atomic mass is 32.1. The number of nitrogens with zero attached hydrogens (tertiary/aromatic N) is 4. The van der Waals surface area contributed by atoms with Crippen LogP contribution in [0.4, 0.5) is 5.13 Å². The van der Waals surface area contributed by atoms with Gasteiger partial charge in [-0.2, -0.15) is 10.5 Å². The van der Waals surface area contributed by atoms with E-state index < -0.39 is 5.92 Å². The Bertz CT molecular complexity index is 568. The predicted octanol–water partition coefficient (Wildman–Crippen LogP) is 2.66. The van der Waals surface area contributed by atoms with E-state index in [1.807, 2.05) is 36.4 Å². The van der Waals surface area contributed by atoms with Crippen molar-refractivity contribution in [2.75, 3.05) is 0 Å². The number of hydrogen-bond donors (Lipinski definition) is 0. The number of hydrogen-bond acceptors (Lipinski definition) is 5. The summed E-state index contributed by atoms with van der Waals surface area (Å²) >= 11 is 1.43. The van der Waals surface area contributed by atoms with Gasteiger partial charge in [0, 0.05) is 6.21 Å². The number of thiazole rings is 1. The van der Waals surface area contributed by atoms with Crippen LogP contribution in [-0.4, -0.2) is 11.2 Å². The van der Waals surface area contributed by atoms with E-state index in [1.54, 1.807) is 0 Å². The molecule has 0 aliphatic heterocycles. The molecule has 76 valence electrons. The van der Waals surface area contributed by atoms with Gasteiger partial charge in [-0.25, -0.2) is 9.98 Å². The molecule has 0 amide bonds. The fraction of sp³-hybridized carbons (Fsp3) is 0.0909. The minimum absolute atomic E-state index is 0.566.